The van der Waals surface area contributed by atoms with Crippen LogP contribution in [0.1, 0.15) is 28.8 Å². The maximum Gasteiger partial charge on any atom is 0.274 e. The van der Waals surface area contributed by atoms with Crippen molar-refractivity contribution in [3.8, 4) is 5.75 Å². The standard InChI is InChI=1S/C21H22ClN3O5/c1-30-19-7-6-16(22)12-17(19)21(27)24-10-8-14(9-11-24)20(26)23-13-15-4-2-3-5-18(15)25(28)29/h2-7,12,14H,8-11,13H2,1H3,(H,23,26). The van der Waals surface area contributed by atoms with Crippen LogP contribution in [0.5, 0.6) is 5.75 Å². The van der Waals surface area contributed by atoms with Crippen LogP contribution in [0.4, 0.5) is 5.69 Å². The smallest absolute Gasteiger partial charge is 0.274 e. The Kier molecular flexibility index (Phi) is 6.89. The number of nitrogens with one attached hydrogen (secondary N) is 1. The topological polar surface area (TPSA) is 102 Å². The highest BCUT2D eigenvalue weighted by Gasteiger charge is 2.29. The number of piperidine rings is 1. The molecule has 0 bridgehead atoms. The van der Waals surface area contributed by atoms with Crippen molar-refractivity contribution < 1.29 is 19.2 Å². The Balaban J connectivity index is 1.57. The summed E-state index contributed by atoms with van der Waals surface area (Å²) in [7, 11) is 1.49. The Bertz CT molecular complexity index is 957. The number of hydrogen-bond donors (Lipinski definition) is 1. The lowest BCUT2D eigenvalue weighted by Crippen LogP contribution is -2.43. The molecule has 30 heavy (non-hydrogen) atoms. The number of hydrogen-bond acceptors (Lipinski definition) is 5. The molecule has 2 aromatic rings. The van der Waals surface area contributed by atoms with E-state index < -0.39 is 4.92 Å². The van der Waals surface area contributed by atoms with Crippen LogP contribution in [0.25, 0.3) is 0 Å². The number of rotatable bonds is 6. The molecule has 0 aliphatic carbocycles. The third-order valence-corrected chi connectivity index (χ3v) is 5.42. The molecule has 1 heterocycles. The second-order valence-electron chi connectivity index (χ2n) is 7.01. The summed E-state index contributed by atoms with van der Waals surface area (Å²) in [5, 5.41) is 14.3. The average molecular weight is 432 g/mol. The van der Waals surface area contributed by atoms with Crippen LogP contribution in [-0.4, -0.2) is 41.8 Å². The Labute approximate surface area is 178 Å². The van der Waals surface area contributed by atoms with Crippen molar-refractivity contribution in [2.75, 3.05) is 20.2 Å². The summed E-state index contributed by atoms with van der Waals surface area (Å²) in [5.41, 5.74) is 0.828. The summed E-state index contributed by atoms with van der Waals surface area (Å²) in [5.74, 6) is -0.152. The first-order chi connectivity index (χ1) is 14.4. The lowest BCUT2D eigenvalue weighted by Gasteiger charge is -2.31. The quantitative estimate of drug-likeness (QED) is 0.557. The van der Waals surface area contributed by atoms with Crippen molar-refractivity contribution in [1.29, 1.82) is 0 Å². The van der Waals surface area contributed by atoms with Crippen molar-refractivity contribution in [3.63, 3.8) is 0 Å². The van der Waals surface area contributed by atoms with Gasteiger partial charge >= 0.3 is 0 Å². The number of carbonyl (C=O) groups is 2. The van der Waals surface area contributed by atoms with Gasteiger partial charge in [0.15, 0.2) is 0 Å². The zero-order valence-corrected chi connectivity index (χ0v) is 17.2. The van der Waals surface area contributed by atoms with Gasteiger partial charge in [0.25, 0.3) is 11.6 Å². The molecule has 0 saturated carbocycles. The van der Waals surface area contributed by atoms with Gasteiger partial charge < -0.3 is 15.0 Å². The summed E-state index contributed by atoms with van der Waals surface area (Å²) in [6, 6.07) is 11.2. The number of halogens is 1. The van der Waals surface area contributed by atoms with Crippen LogP contribution in [0, 0.1) is 16.0 Å². The van der Waals surface area contributed by atoms with Gasteiger partial charge in [-0.25, -0.2) is 0 Å². The number of para-hydroxylation sites is 1. The number of benzene rings is 2. The van der Waals surface area contributed by atoms with E-state index in [9.17, 15) is 19.7 Å². The van der Waals surface area contributed by atoms with Gasteiger partial charge in [-0.3, -0.25) is 19.7 Å². The molecule has 0 atom stereocenters. The number of ether oxygens (including phenoxy) is 1. The molecule has 0 spiro atoms. The highest BCUT2D eigenvalue weighted by molar-refractivity contribution is 6.31. The Morgan fingerprint density at radius 3 is 2.60 bits per heavy atom. The first kappa shape index (κ1) is 21.6. The molecular formula is C21H22ClN3O5. The molecule has 2 amide bonds. The Morgan fingerprint density at radius 2 is 1.93 bits per heavy atom. The first-order valence-electron chi connectivity index (χ1n) is 9.53. The molecule has 1 fully saturated rings. The van der Waals surface area contributed by atoms with Gasteiger partial charge in [-0.05, 0) is 31.0 Å². The molecule has 0 unspecified atom stereocenters. The SMILES string of the molecule is COc1ccc(Cl)cc1C(=O)N1CCC(C(=O)NCc2ccccc2[N+](=O)[O-])CC1. The number of amides is 2. The molecule has 1 aliphatic rings. The van der Waals surface area contributed by atoms with E-state index in [4.69, 9.17) is 16.3 Å². The normalized spacial score (nSPS) is 14.3. The van der Waals surface area contributed by atoms with E-state index in [1.807, 2.05) is 0 Å². The minimum absolute atomic E-state index is 0.0197. The summed E-state index contributed by atoms with van der Waals surface area (Å²) >= 11 is 6.02. The van der Waals surface area contributed by atoms with Gasteiger partial charge in [-0.15, -0.1) is 0 Å². The second-order valence-corrected chi connectivity index (χ2v) is 7.45. The van der Waals surface area contributed by atoms with E-state index in [1.165, 1.54) is 13.2 Å². The third kappa shape index (κ3) is 4.88. The molecule has 1 saturated heterocycles. The lowest BCUT2D eigenvalue weighted by atomic mass is 9.95. The molecular weight excluding hydrogens is 410 g/mol. The van der Waals surface area contributed by atoms with E-state index in [1.54, 1.807) is 41.3 Å². The Hall–Kier alpha value is -3.13. The number of methoxy groups -OCH3 is 1. The largest absolute Gasteiger partial charge is 0.496 e. The number of nitro benzene ring substituents is 1. The molecule has 8 nitrogen and oxygen atoms in total. The van der Waals surface area contributed by atoms with Crippen molar-refractivity contribution in [1.82, 2.24) is 10.2 Å². The van der Waals surface area contributed by atoms with Gasteiger partial charge in [-0.2, -0.15) is 0 Å². The number of likely N-dealkylation sites (tertiary alicyclic amines) is 1. The fourth-order valence-corrected chi connectivity index (χ4v) is 3.70. The highest BCUT2D eigenvalue weighted by Crippen LogP contribution is 2.26. The molecule has 9 heteroatoms. The minimum atomic E-state index is -0.463. The molecule has 1 N–H and O–H groups in total. The highest BCUT2D eigenvalue weighted by atomic mass is 35.5. The molecule has 1 aliphatic heterocycles. The summed E-state index contributed by atoms with van der Waals surface area (Å²) < 4.78 is 5.25. The van der Waals surface area contributed by atoms with Gasteiger partial charge in [-0.1, -0.05) is 29.8 Å². The van der Waals surface area contributed by atoms with Gasteiger partial charge in [0.05, 0.1) is 17.6 Å². The third-order valence-electron chi connectivity index (χ3n) is 5.19. The minimum Gasteiger partial charge on any atom is -0.496 e. The second kappa shape index (κ2) is 9.58. The number of nitro groups is 1. The van der Waals surface area contributed by atoms with E-state index in [2.05, 4.69) is 5.32 Å². The fraction of sp³-hybridized carbons (Fsp3) is 0.333. The molecule has 0 aromatic heterocycles. The molecule has 2 aromatic carbocycles. The monoisotopic (exact) mass is 431 g/mol. The predicted octanol–water partition coefficient (Wildman–Crippen LogP) is 3.43. The van der Waals surface area contributed by atoms with Crippen LogP contribution in [-0.2, 0) is 11.3 Å². The van der Waals surface area contributed by atoms with Gasteiger partial charge in [0, 0.05) is 42.2 Å². The predicted molar refractivity (Wildman–Crippen MR) is 112 cm³/mol. The van der Waals surface area contributed by atoms with Gasteiger partial charge in [0.2, 0.25) is 5.91 Å². The first-order valence-corrected chi connectivity index (χ1v) is 9.91. The zero-order chi connectivity index (χ0) is 21.7. The maximum absolute atomic E-state index is 12.8. The number of nitrogens with zero attached hydrogens (tertiary/aromatic N) is 2. The zero-order valence-electron chi connectivity index (χ0n) is 16.5. The van der Waals surface area contributed by atoms with Crippen molar-refractivity contribution >= 4 is 29.1 Å². The van der Waals surface area contributed by atoms with Gasteiger partial charge in [0.1, 0.15) is 5.75 Å². The number of carbonyl (C=O) groups excluding carboxylic acids is 2. The van der Waals surface area contributed by atoms with E-state index in [-0.39, 0.29) is 30.0 Å². The van der Waals surface area contributed by atoms with E-state index in [0.717, 1.165) is 0 Å². The molecule has 3 rings (SSSR count). The summed E-state index contributed by atoms with van der Waals surface area (Å²) in [6.07, 6.45) is 1.02. The van der Waals surface area contributed by atoms with Crippen LogP contribution in [0.15, 0.2) is 42.5 Å². The van der Waals surface area contributed by atoms with Crippen molar-refractivity contribution in [3.05, 3.63) is 68.7 Å². The summed E-state index contributed by atoms with van der Waals surface area (Å²) in [6.45, 7) is 0.949. The van der Waals surface area contributed by atoms with Crippen LogP contribution in [0.3, 0.4) is 0 Å². The van der Waals surface area contributed by atoms with Crippen molar-refractivity contribution in [2.45, 2.75) is 19.4 Å². The van der Waals surface area contributed by atoms with E-state index >= 15 is 0 Å². The van der Waals surface area contributed by atoms with E-state index in [0.29, 0.717) is 47.8 Å². The lowest BCUT2D eigenvalue weighted by molar-refractivity contribution is -0.385. The Morgan fingerprint density at radius 1 is 1.23 bits per heavy atom. The van der Waals surface area contributed by atoms with Crippen molar-refractivity contribution in [2.24, 2.45) is 5.92 Å². The van der Waals surface area contributed by atoms with Crippen LogP contribution in [0.2, 0.25) is 5.02 Å². The summed E-state index contributed by atoms with van der Waals surface area (Å²) in [4.78, 5) is 37.7. The molecule has 158 valence electrons. The molecule has 0 radical (unpaired) electrons. The fourth-order valence-electron chi connectivity index (χ4n) is 3.53. The van der Waals surface area contributed by atoms with Crippen LogP contribution < -0.4 is 10.1 Å². The average Bonchev–Trinajstić information content (AvgIpc) is 2.77. The maximum atomic E-state index is 12.8. The van der Waals surface area contributed by atoms with Crippen LogP contribution >= 0.6 is 11.6 Å².